The summed E-state index contributed by atoms with van der Waals surface area (Å²) in [5.74, 6) is -0.0398. The number of ether oxygens (including phenoxy) is 1. The van der Waals surface area contributed by atoms with Crippen LogP contribution in [0.1, 0.15) is 24.2 Å². The Morgan fingerprint density at radius 1 is 1.53 bits per heavy atom. The predicted octanol–water partition coefficient (Wildman–Crippen LogP) is 3.55. The minimum atomic E-state index is -0.0398. The lowest BCUT2D eigenvalue weighted by Crippen LogP contribution is -2.13. The van der Waals surface area contributed by atoms with Gasteiger partial charge >= 0.3 is 0 Å². The van der Waals surface area contributed by atoms with Crippen molar-refractivity contribution in [3.05, 3.63) is 32.4 Å². The van der Waals surface area contributed by atoms with E-state index in [-0.39, 0.29) is 18.5 Å². The van der Waals surface area contributed by atoms with Crippen LogP contribution in [-0.2, 0) is 4.74 Å². The lowest BCUT2D eigenvalue weighted by Gasteiger charge is -2.07. The molecule has 2 nitrogen and oxygen atoms in total. The Bertz CT molecular complexity index is 364. The highest BCUT2D eigenvalue weighted by Crippen LogP contribution is 2.19. The maximum Gasteiger partial charge on any atom is 0.188 e. The minimum Gasteiger partial charge on any atom is -0.371 e. The van der Waals surface area contributed by atoms with Crippen molar-refractivity contribution in [2.24, 2.45) is 0 Å². The largest absolute Gasteiger partial charge is 0.371 e. The number of carbonyl (C=O) groups excluding carboxylic acids is 1. The molecular weight excluding hydrogens is 326 g/mol. The van der Waals surface area contributed by atoms with E-state index >= 15 is 0 Å². The van der Waals surface area contributed by atoms with E-state index < -0.39 is 0 Å². The van der Waals surface area contributed by atoms with Crippen molar-refractivity contribution in [1.29, 1.82) is 0 Å². The van der Waals surface area contributed by atoms with Gasteiger partial charge in [0.2, 0.25) is 0 Å². The molecule has 0 bridgehead atoms. The van der Waals surface area contributed by atoms with E-state index in [2.05, 4.69) is 22.6 Å². The molecule has 0 aliphatic heterocycles. The fourth-order valence-corrected chi connectivity index (χ4v) is 1.51. The van der Waals surface area contributed by atoms with Crippen LogP contribution in [0.15, 0.2) is 18.2 Å². The van der Waals surface area contributed by atoms with Gasteiger partial charge in [-0.2, -0.15) is 0 Å². The summed E-state index contributed by atoms with van der Waals surface area (Å²) in [6, 6.07) is 5.26. The Labute approximate surface area is 108 Å². The number of rotatable bonds is 4. The van der Waals surface area contributed by atoms with E-state index in [1.165, 1.54) is 0 Å². The summed E-state index contributed by atoms with van der Waals surface area (Å²) < 4.78 is 6.17. The highest BCUT2D eigenvalue weighted by Gasteiger charge is 2.08. The van der Waals surface area contributed by atoms with Gasteiger partial charge in [0.1, 0.15) is 6.61 Å². The van der Waals surface area contributed by atoms with Gasteiger partial charge in [-0.1, -0.05) is 17.7 Å². The zero-order valence-corrected chi connectivity index (χ0v) is 11.5. The third-order valence-electron chi connectivity index (χ3n) is 1.79. The standard InChI is InChI=1S/C11H12ClIO2/c1-7(2)15-6-11(14)8-3-4-10(13)9(12)5-8/h3-5,7H,6H2,1-2H3. The van der Waals surface area contributed by atoms with Gasteiger partial charge in [-0.05, 0) is 48.6 Å². The van der Waals surface area contributed by atoms with Crippen molar-refractivity contribution >= 4 is 40.0 Å². The Morgan fingerprint density at radius 3 is 2.73 bits per heavy atom. The number of benzene rings is 1. The molecule has 0 radical (unpaired) electrons. The first-order valence-corrected chi connectivity index (χ1v) is 6.06. The maximum absolute atomic E-state index is 11.6. The number of Topliss-reactive ketones (excluding diaryl/α,β-unsaturated/α-hetero) is 1. The molecule has 82 valence electrons. The van der Waals surface area contributed by atoms with Gasteiger partial charge in [-0.25, -0.2) is 0 Å². The molecule has 0 aliphatic carbocycles. The van der Waals surface area contributed by atoms with Crippen molar-refractivity contribution in [1.82, 2.24) is 0 Å². The molecule has 4 heteroatoms. The third kappa shape index (κ3) is 4.09. The summed E-state index contributed by atoms with van der Waals surface area (Å²) in [4.78, 5) is 11.6. The molecule has 0 N–H and O–H groups in total. The molecule has 0 saturated carbocycles. The van der Waals surface area contributed by atoms with E-state index in [0.717, 1.165) is 3.57 Å². The molecule has 15 heavy (non-hydrogen) atoms. The fraction of sp³-hybridized carbons (Fsp3) is 0.364. The maximum atomic E-state index is 11.6. The van der Waals surface area contributed by atoms with E-state index in [0.29, 0.717) is 10.6 Å². The molecular formula is C11H12ClIO2. The summed E-state index contributed by atoms with van der Waals surface area (Å²) >= 11 is 8.04. The molecule has 0 heterocycles. The van der Waals surface area contributed by atoms with Crippen molar-refractivity contribution in [3.8, 4) is 0 Å². The first kappa shape index (κ1) is 12.9. The highest BCUT2D eigenvalue weighted by atomic mass is 127. The first-order chi connectivity index (χ1) is 7.00. The first-order valence-electron chi connectivity index (χ1n) is 4.60. The molecule has 1 aromatic rings. The molecule has 0 spiro atoms. The second-order valence-electron chi connectivity index (χ2n) is 3.41. The van der Waals surface area contributed by atoms with Crippen LogP contribution in [0.2, 0.25) is 5.02 Å². The zero-order valence-electron chi connectivity index (χ0n) is 8.59. The number of carbonyl (C=O) groups is 1. The van der Waals surface area contributed by atoms with Gasteiger partial charge in [0.05, 0.1) is 11.1 Å². The quantitative estimate of drug-likeness (QED) is 0.620. The third-order valence-corrected chi connectivity index (χ3v) is 3.36. The monoisotopic (exact) mass is 338 g/mol. The Kier molecular flexibility index (Phi) is 5.02. The Morgan fingerprint density at radius 2 is 2.20 bits per heavy atom. The predicted molar refractivity (Wildman–Crippen MR) is 69.6 cm³/mol. The van der Waals surface area contributed by atoms with Crippen LogP contribution < -0.4 is 0 Å². The van der Waals surface area contributed by atoms with Crippen LogP contribution in [0.5, 0.6) is 0 Å². The number of hydrogen-bond acceptors (Lipinski definition) is 2. The van der Waals surface area contributed by atoms with E-state index in [1.807, 2.05) is 19.9 Å². The second-order valence-corrected chi connectivity index (χ2v) is 4.98. The van der Waals surface area contributed by atoms with E-state index in [4.69, 9.17) is 16.3 Å². The van der Waals surface area contributed by atoms with Crippen LogP contribution >= 0.6 is 34.2 Å². The molecule has 0 fully saturated rings. The van der Waals surface area contributed by atoms with Gasteiger partial charge in [0.15, 0.2) is 5.78 Å². The minimum absolute atomic E-state index is 0.0398. The van der Waals surface area contributed by atoms with Crippen molar-refractivity contribution < 1.29 is 9.53 Å². The highest BCUT2D eigenvalue weighted by molar-refractivity contribution is 14.1. The van der Waals surface area contributed by atoms with Gasteiger partial charge in [-0.15, -0.1) is 0 Å². The summed E-state index contributed by atoms with van der Waals surface area (Å²) in [7, 11) is 0. The average molecular weight is 339 g/mol. The Hall–Kier alpha value is -0.130. The van der Waals surface area contributed by atoms with Crippen LogP contribution in [0.25, 0.3) is 0 Å². The molecule has 1 rings (SSSR count). The SMILES string of the molecule is CC(C)OCC(=O)c1ccc(I)c(Cl)c1. The molecule has 0 atom stereocenters. The summed E-state index contributed by atoms with van der Waals surface area (Å²) in [5, 5.41) is 0.603. The molecule has 0 saturated heterocycles. The second kappa shape index (κ2) is 5.82. The van der Waals surface area contributed by atoms with Crippen LogP contribution in [0.3, 0.4) is 0 Å². The van der Waals surface area contributed by atoms with Gasteiger partial charge in [-0.3, -0.25) is 4.79 Å². The number of halogens is 2. The molecule has 0 aliphatic rings. The Balaban J connectivity index is 2.70. The fourth-order valence-electron chi connectivity index (χ4n) is 0.995. The molecule has 0 amide bonds. The topological polar surface area (TPSA) is 26.3 Å². The summed E-state index contributed by atoms with van der Waals surface area (Å²) in [6.07, 6.45) is 0.0632. The number of ketones is 1. The number of hydrogen-bond donors (Lipinski definition) is 0. The lowest BCUT2D eigenvalue weighted by atomic mass is 10.1. The lowest BCUT2D eigenvalue weighted by molar-refractivity contribution is 0.0585. The molecule has 0 unspecified atom stereocenters. The van der Waals surface area contributed by atoms with Crippen LogP contribution in [0, 0.1) is 3.57 Å². The van der Waals surface area contributed by atoms with Crippen LogP contribution in [0.4, 0.5) is 0 Å². The van der Waals surface area contributed by atoms with Crippen molar-refractivity contribution in [3.63, 3.8) is 0 Å². The summed E-state index contributed by atoms with van der Waals surface area (Å²) in [6.45, 7) is 3.90. The van der Waals surface area contributed by atoms with Gasteiger partial charge < -0.3 is 4.74 Å². The zero-order chi connectivity index (χ0) is 11.4. The van der Waals surface area contributed by atoms with E-state index in [9.17, 15) is 4.79 Å². The average Bonchev–Trinajstić information content (AvgIpc) is 2.18. The van der Waals surface area contributed by atoms with Crippen molar-refractivity contribution in [2.75, 3.05) is 6.61 Å². The normalized spacial score (nSPS) is 10.7. The molecule has 0 aromatic heterocycles. The van der Waals surface area contributed by atoms with E-state index in [1.54, 1.807) is 12.1 Å². The van der Waals surface area contributed by atoms with Gasteiger partial charge in [0, 0.05) is 9.13 Å². The smallest absolute Gasteiger partial charge is 0.188 e. The van der Waals surface area contributed by atoms with Crippen molar-refractivity contribution in [2.45, 2.75) is 20.0 Å². The van der Waals surface area contributed by atoms with Crippen LogP contribution in [-0.4, -0.2) is 18.5 Å². The molecule has 1 aromatic carbocycles. The van der Waals surface area contributed by atoms with Gasteiger partial charge in [0.25, 0.3) is 0 Å². The summed E-state index contributed by atoms with van der Waals surface area (Å²) in [5.41, 5.74) is 0.598.